The Labute approximate surface area is 106 Å². The molecule has 17 heavy (non-hydrogen) atoms. The van der Waals surface area contributed by atoms with Crippen LogP contribution in [0.1, 0.15) is 0 Å². The van der Waals surface area contributed by atoms with Crippen LogP contribution in [0.15, 0.2) is 36.0 Å². The molecule has 0 saturated carbocycles. The highest BCUT2D eigenvalue weighted by Crippen LogP contribution is 2.33. The second-order valence-electron chi connectivity index (χ2n) is 3.31. The minimum Gasteiger partial charge on any atom is -0.368 e. The van der Waals surface area contributed by atoms with Gasteiger partial charge in [0.1, 0.15) is 5.01 Å². The van der Waals surface area contributed by atoms with Crippen molar-refractivity contribution in [2.24, 2.45) is 0 Å². The van der Waals surface area contributed by atoms with E-state index in [0.717, 1.165) is 15.6 Å². The van der Waals surface area contributed by atoms with Crippen LogP contribution >= 0.6 is 22.7 Å². The van der Waals surface area contributed by atoms with Gasteiger partial charge in [-0.3, -0.25) is 0 Å². The van der Waals surface area contributed by atoms with Crippen molar-refractivity contribution in [1.29, 1.82) is 0 Å². The van der Waals surface area contributed by atoms with Gasteiger partial charge in [-0.1, -0.05) is 6.07 Å². The Balaban J connectivity index is 2.01. The molecule has 0 radical (unpaired) electrons. The Bertz CT molecular complexity index is 630. The van der Waals surface area contributed by atoms with E-state index in [4.69, 9.17) is 5.73 Å². The third kappa shape index (κ3) is 2.04. The topological polar surface area (TPSA) is 64.7 Å². The maximum absolute atomic E-state index is 5.56. The Hall–Kier alpha value is -1.79. The standard InChI is InChI=1S/C11H8N4S2/c12-11-13-4-3-7(15-11)9-6-14-10(17-9)8-2-1-5-16-8/h1-6H,(H2,12,13,15). The van der Waals surface area contributed by atoms with Gasteiger partial charge in [0.15, 0.2) is 0 Å². The summed E-state index contributed by atoms with van der Waals surface area (Å²) in [5, 5.41) is 3.05. The summed E-state index contributed by atoms with van der Waals surface area (Å²) in [6, 6.07) is 5.91. The van der Waals surface area contributed by atoms with Crippen molar-refractivity contribution in [1.82, 2.24) is 15.0 Å². The highest BCUT2D eigenvalue weighted by atomic mass is 32.1. The zero-order chi connectivity index (χ0) is 11.7. The third-order valence-corrected chi connectivity index (χ3v) is 4.22. The summed E-state index contributed by atoms with van der Waals surface area (Å²) in [5.74, 6) is 0.286. The van der Waals surface area contributed by atoms with Crippen molar-refractivity contribution in [3.05, 3.63) is 36.0 Å². The fourth-order valence-electron chi connectivity index (χ4n) is 1.42. The fraction of sp³-hybridized carbons (Fsp3) is 0. The van der Waals surface area contributed by atoms with Crippen LogP contribution in [0.5, 0.6) is 0 Å². The summed E-state index contributed by atoms with van der Waals surface area (Å²) in [6.07, 6.45) is 3.48. The van der Waals surface area contributed by atoms with E-state index >= 15 is 0 Å². The minimum absolute atomic E-state index is 0.286. The predicted octanol–water partition coefficient (Wildman–Crippen LogP) is 2.91. The molecule has 0 aromatic carbocycles. The first-order valence-corrected chi connectivity index (χ1v) is 6.61. The summed E-state index contributed by atoms with van der Waals surface area (Å²) in [5.41, 5.74) is 6.38. The Morgan fingerprint density at radius 1 is 1.12 bits per heavy atom. The third-order valence-electron chi connectivity index (χ3n) is 2.16. The van der Waals surface area contributed by atoms with Gasteiger partial charge in [0.2, 0.25) is 5.95 Å². The molecule has 2 N–H and O–H groups in total. The molecule has 0 aliphatic heterocycles. The van der Waals surface area contributed by atoms with Crippen LogP contribution in [0, 0.1) is 0 Å². The molecule has 0 aliphatic carbocycles. The second kappa shape index (κ2) is 4.23. The normalized spacial score (nSPS) is 10.6. The number of thiophene rings is 1. The smallest absolute Gasteiger partial charge is 0.220 e. The molecular formula is C11H8N4S2. The van der Waals surface area contributed by atoms with Crippen LogP contribution in [0.25, 0.3) is 20.5 Å². The van der Waals surface area contributed by atoms with Gasteiger partial charge in [-0.05, 0) is 17.5 Å². The molecule has 6 heteroatoms. The molecule has 84 valence electrons. The molecule has 3 aromatic heterocycles. The van der Waals surface area contributed by atoms with Crippen LogP contribution in [0.4, 0.5) is 5.95 Å². The molecule has 0 aliphatic rings. The van der Waals surface area contributed by atoms with Crippen LogP contribution in [0.3, 0.4) is 0 Å². The van der Waals surface area contributed by atoms with E-state index < -0.39 is 0 Å². The van der Waals surface area contributed by atoms with E-state index in [1.165, 1.54) is 4.88 Å². The Morgan fingerprint density at radius 3 is 2.82 bits per heavy atom. The van der Waals surface area contributed by atoms with Crippen LogP contribution in [-0.4, -0.2) is 15.0 Å². The van der Waals surface area contributed by atoms with Crippen molar-refractivity contribution < 1.29 is 0 Å². The lowest BCUT2D eigenvalue weighted by atomic mass is 10.4. The summed E-state index contributed by atoms with van der Waals surface area (Å²) >= 11 is 3.28. The zero-order valence-electron chi connectivity index (χ0n) is 8.70. The lowest BCUT2D eigenvalue weighted by Crippen LogP contribution is -1.93. The molecule has 3 heterocycles. The van der Waals surface area contributed by atoms with E-state index in [-0.39, 0.29) is 5.95 Å². The lowest BCUT2D eigenvalue weighted by Gasteiger charge is -1.95. The van der Waals surface area contributed by atoms with Gasteiger partial charge in [0.05, 0.1) is 15.4 Å². The molecule has 0 spiro atoms. The van der Waals surface area contributed by atoms with Gasteiger partial charge < -0.3 is 5.73 Å². The van der Waals surface area contributed by atoms with Gasteiger partial charge in [-0.15, -0.1) is 22.7 Å². The van der Waals surface area contributed by atoms with Gasteiger partial charge in [-0.2, -0.15) is 0 Å². The van der Waals surface area contributed by atoms with Crippen molar-refractivity contribution in [2.45, 2.75) is 0 Å². The molecule has 0 amide bonds. The summed E-state index contributed by atoms with van der Waals surface area (Å²) < 4.78 is 0. The first kappa shape index (κ1) is 10.4. The zero-order valence-corrected chi connectivity index (χ0v) is 10.3. The number of hydrogen-bond acceptors (Lipinski definition) is 6. The monoisotopic (exact) mass is 260 g/mol. The quantitative estimate of drug-likeness (QED) is 0.769. The molecule has 3 rings (SSSR count). The first-order chi connectivity index (χ1) is 8.33. The summed E-state index contributed by atoms with van der Waals surface area (Å²) in [4.78, 5) is 14.6. The number of nitrogens with two attached hydrogens (primary N) is 1. The number of anilines is 1. The summed E-state index contributed by atoms with van der Waals surface area (Å²) in [7, 11) is 0. The van der Waals surface area contributed by atoms with Crippen molar-refractivity contribution in [2.75, 3.05) is 5.73 Å². The van der Waals surface area contributed by atoms with Gasteiger partial charge in [0, 0.05) is 12.4 Å². The molecule has 3 aromatic rings. The van der Waals surface area contributed by atoms with E-state index in [2.05, 4.69) is 21.0 Å². The molecule has 4 nitrogen and oxygen atoms in total. The summed E-state index contributed by atoms with van der Waals surface area (Å²) in [6.45, 7) is 0. The SMILES string of the molecule is Nc1nccc(-c2cnc(-c3cccs3)s2)n1. The van der Waals surface area contributed by atoms with E-state index in [1.54, 1.807) is 28.9 Å². The Kier molecular flexibility index (Phi) is 2.58. The average Bonchev–Trinajstić information content (AvgIpc) is 3.00. The van der Waals surface area contributed by atoms with Crippen LogP contribution in [0.2, 0.25) is 0 Å². The predicted molar refractivity (Wildman–Crippen MR) is 70.9 cm³/mol. The van der Waals surface area contributed by atoms with Gasteiger partial charge >= 0.3 is 0 Å². The van der Waals surface area contributed by atoms with Crippen LogP contribution in [-0.2, 0) is 0 Å². The number of nitrogen functional groups attached to an aromatic ring is 1. The van der Waals surface area contributed by atoms with Crippen LogP contribution < -0.4 is 5.73 Å². The number of nitrogens with zero attached hydrogens (tertiary/aromatic N) is 3. The Morgan fingerprint density at radius 2 is 2.06 bits per heavy atom. The number of hydrogen-bond donors (Lipinski definition) is 1. The molecule has 0 bridgehead atoms. The molecule has 0 atom stereocenters. The van der Waals surface area contributed by atoms with Gasteiger partial charge in [0.25, 0.3) is 0 Å². The first-order valence-electron chi connectivity index (χ1n) is 4.91. The van der Waals surface area contributed by atoms with E-state index in [1.807, 2.05) is 23.7 Å². The van der Waals surface area contributed by atoms with E-state index in [9.17, 15) is 0 Å². The minimum atomic E-state index is 0.286. The molecule has 0 fully saturated rings. The molecular weight excluding hydrogens is 252 g/mol. The highest BCUT2D eigenvalue weighted by molar-refractivity contribution is 7.22. The number of thiazole rings is 1. The van der Waals surface area contributed by atoms with E-state index in [0.29, 0.717) is 0 Å². The number of rotatable bonds is 2. The second-order valence-corrected chi connectivity index (χ2v) is 5.29. The number of aromatic nitrogens is 3. The van der Waals surface area contributed by atoms with Crippen molar-refractivity contribution in [3.8, 4) is 20.5 Å². The molecule has 0 unspecified atom stereocenters. The largest absolute Gasteiger partial charge is 0.368 e. The van der Waals surface area contributed by atoms with Crippen molar-refractivity contribution >= 4 is 28.6 Å². The fourth-order valence-corrected chi connectivity index (χ4v) is 3.11. The maximum Gasteiger partial charge on any atom is 0.220 e. The average molecular weight is 260 g/mol. The van der Waals surface area contributed by atoms with Crippen molar-refractivity contribution in [3.63, 3.8) is 0 Å². The maximum atomic E-state index is 5.56. The highest BCUT2D eigenvalue weighted by Gasteiger charge is 2.08. The van der Waals surface area contributed by atoms with Gasteiger partial charge in [-0.25, -0.2) is 15.0 Å². The lowest BCUT2D eigenvalue weighted by molar-refractivity contribution is 1.19. The molecule has 0 saturated heterocycles.